The van der Waals surface area contributed by atoms with Gasteiger partial charge >= 0.3 is 0 Å². The van der Waals surface area contributed by atoms with E-state index in [-0.39, 0.29) is 0 Å². The molecular weight excluding hydrogens is 318 g/mol. The lowest BCUT2D eigenvalue weighted by Gasteiger charge is -2.42. The van der Waals surface area contributed by atoms with E-state index >= 15 is 0 Å². The fourth-order valence-electron chi connectivity index (χ4n) is 5.31. The van der Waals surface area contributed by atoms with Gasteiger partial charge in [-0.05, 0) is 56.4 Å². The molecule has 3 nitrogen and oxygen atoms in total. The second kappa shape index (κ2) is 7.56. The van der Waals surface area contributed by atoms with E-state index in [1.54, 1.807) is 0 Å². The summed E-state index contributed by atoms with van der Waals surface area (Å²) in [5.74, 6) is 1.81. The Labute approximate surface area is 157 Å². The zero-order chi connectivity index (χ0) is 18.1. The van der Waals surface area contributed by atoms with Gasteiger partial charge in [-0.3, -0.25) is 0 Å². The lowest BCUT2D eigenvalue weighted by atomic mass is 9.79. The summed E-state index contributed by atoms with van der Waals surface area (Å²) < 4.78 is 2.45. The first-order chi connectivity index (χ1) is 12.7. The van der Waals surface area contributed by atoms with Crippen LogP contribution in [0.4, 0.5) is 0 Å². The highest BCUT2D eigenvalue weighted by Crippen LogP contribution is 2.35. The van der Waals surface area contributed by atoms with E-state index < -0.39 is 0 Å². The molecule has 0 atom stereocenters. The zero-order valence-electron chi connectivity index (χ0n) is 16.3. The number of benzene rings is 1. The lowest BCUT2D eigenvalue weighted by molar-refractivity contribution is 0.0894. The van der Waals surface area contributed by atoms with Gasteiger partial charge in [-0.25, -0.2) is 0 Å². The SMILES string of the molecule is CC(C)C1CCC(N2CCC(n3cc(C=N)c4ccccc43)CC2)CC1. The molecule has 4 rings (SSSR count). The molecule has 1 saturated heterocycles. The van der Waals surface area contributed by atoms with Gasteiger partial charge in [-0.15, -0.1) is 0 Å². The first-order valence-electron chi connectivity index (χ1n) is 10.5. The third-order valence-electron chi connectivity index (χ3n) is 7.02. The number of likely N-dealkylation sites (tertiary alicyclic amines) is 1. The smallest absolute Gasteiger partial charge is 0.0489 e. The van der Waals surface area contributed by atoms with Crippen LogP contribution in [0, 0.1) is 17.2 Å². The molecule has 1 aliphatic carbocycles. The van der Waals surface area contributed by atoms with Crippen LogP contribution < -0.4 is 0 Å². The van der Waals surface area contributed by atoms with Crippen LogP contribution in [0.15, 0.2) is 30.5 Å². The van der Waals surface area contributed by atoms with Crippen LogP contribution in [0.5, 0.6) is 0 Å². The number of hydrogen-bond donors (Lipinski definition) is 1. The van der Waals surface area contributed by atoms with E-state index in [0.29, 0.717) is 6.04 Å². The second-order valence-electron chi connectivity index (χ2n) is 8.73. The van der Waals surface area contributed by atoms with E-state index in [1.807, 2.05) is 0 Å². The Bertz CT molecular complexity index is 744. The van der Waals surface area contributed by atoms with Crippen molar-refractivity contribution in [3.63, 3.8) is 0 Å². The van der Waals surface area contributed by atoms with E-state index in [4.69, 9.17) is 5.41 Å². The molecule has 26 heavy (non-hydrogen) atoms. The number of nitrogens with one attached hydrogen (secondary N) is 1. The van der Waals surface area contributed by atoms with Gasteiger partial charge in [0.15, 0.2) is 0 Å². The molecule has 140 valence electrons. The monoisotopic (exact) mass is 351 g/mol. The molecule has 1 saturated carbocycles. The summed E-state index contributed by atoms with van der Waals surface area (Å²) in [5, 5.41) is 8.94. The summed E-state index contributed by atoms with van der Waals surface area (Å²) in [6, 6.07) is 9.96. The number of piperidine rings is 1. The standard InChI is InChI=1S/C23H33N3/c1-17(2)18-7-9-20(10-8-18)25-13-11-21(12-14-25)26-16-19(15-24)22-5-3-4-6-23(22)26/h3-6,15-18,20-21,24H,7-14H2,1-2H3. The van der Waals surface area contributed by atoms with Crippen molar-refractivity contribution in [1.29, 1.82) is 5.41 Å². The molecule has 0 unspecified atom stereocenters. The van der Waals surface area contributed by atoms with Gasteiger partial charge < -0.3 is 14.9 Å². The fraction of sp³-hybridized carbons (Fsp3) is 0.609. The Morgan fingerprint density at radius 2 is 1.65 bits per heavy atom. The van der Waals surface area contributed by atoms with E-state index in [2.05, 4.69) is 53.8 Å². The van der Waals surface area contributed by atoms with Crippen LogP contribution in [-0.2, 0) is 0 Å². The quantitative estimate of drug-likeness (QED) is 0.726. The molecule has 2 fully saturated rings. The number of nitrogens with zero attached hydrogens (tertiary/aromatic N) is 2. The number of fused-ring (bicyclic) bond motifs is 1. The van der Waals surface area contributed by atoms with Gasteiger partial charge in [0, 0.05) is 54.1 Å². The molecule has 2 aromatic rings. The highest BCUT2D eigenvalue weighted by atomic mass is 15.2. The predicted molar refractivity (Wildman–Crippen MR) is 110 cm³/mol. The Morgan fingerprint density at radius 3 is 2.31 bits per heavy atom. The van der Waals surface area contributed by atoms with Crippen LogP contribution in [-0.4, -0.2) is 34.8 Å². The molecule has 1 aliphatic heterocycles. The van der Waals surface area contributed by atoms with E-state index in [1.165, 1.54) is 68.7 Å². The summed E-state index contributed by atoms with van der Waals surface area (Å²) in [6.07, 6.45) is 11.8. The summed E-state index contributed by atoms with van der Waals surface area (Å²) in [7, 11) is 0. The molecule has 0 spiro atoms. The minimum Gasteiger partial charge on any atom is -0.344 e. The maximum absolute atomic E-state index is 7.72. The molecule has 1 aromatic heterocycles. The van der Waals surface area contributed by atoms with E-state index in [0.717, 1.165) is 23.4 Å². The lowest BCUT2D eigenvalue weighted by Crippen LogP contribution is -2.43. The van der Waals surface area contributed by atoms with Crippen molar-refractivity contribution >= 4 is 17.1 Å². The normalized spacial score (nSPS) is 25.8. The Balaban J connectivity index is 1.41. The van der Waals surface area contributed by atoms with E-state index in [9.17, 15) is 0 Å². The summed E-state index contributed by atoms with van der Waals surface area (Å²) in [6.45, 7) is 7.24. The molecule has 2 heterocycles. The highest BCUT2D eigenvalue weighted by Gasteiger charge is 2.30. The second-order valence-corrected chi connectivity index (χ2v) is 8.73. The topological polar surface area (TPSA) is 32.0 Å². The van der Waals surface area contributed by atoms with Gasteiger partial charge in [0.1, 0.15) is 0 Å². The maximum Gasteiger partial charge on any atom is 0.0489 e. The number of hydrogen-bond acceptors (Lipinski definition) is 2. The van der Waals surface area contributed by atoms with Gasteiger partial charge in [-0.2, -0.15) is 0 Å². The van der Waals surface area contributed by atoms with Crippen LogP contribution >= 0.6 is 0 Å². The molecule has 1 aromatic carbocycles. The molecule has 2 aliphatic rings. The first-order valence-corrected chi connectivity index (χ1v) is 10.5. The average molecular weight is 352 g/mol. The largest absolute Gasteiger partial charge is 0.344 e. The minimum absolute atomic E-state index is 0.580. The molecular formula is C23H33N3. The van der Waals surface area contributed by atoms with Gasteiger partial charge in [0.25, 0.3) is 0 Å². The van der Waals surface area contributed by atoms with Crippen molar-refractivity contribution < 1.29 is 0 Å². The Hall–Kier alpha value is -1.61. The average Bonchev–Trinajstić information content (AvgIpc) is 3.07. The molecule has 0 amide bonds. The Morgan fingerprint density at radius 1 is 0.962 bits per heavy atom. The van der Waals surface area contributed by atoms with Crippen molar-refractivity contribution in [3.8, 4) is 0 Å². The van der Waals surface area contributed by atoms with Crippen molar-refractivity contribution in [2.75, 3.05) is 13.1 Å². The predicted octanol–water partition coefficient (Wildman–Crippen LogP) is 5.49. The van der Waals surface area contributed by atoms with Crippen LogP contribution in [0.25, 0.3) is 10.9 Å². The summed E-state index contributed by atoms with van der Waals surface area (Å²) in [4.78, 5) is 2.77. The van der Waals surface area contributed by atoms with Gasteiger partial charge in [0.05, 0.1) is 0 Å². The maximum atomic E-state index is 7.72. The van der Waals surface area contributed by atoms with Crippen molar-refractivity contribution in [1.82, 2.24) is 9.47 Å². The third-order valence-corrected chi connectivity index (χ3v) is 7.02. The van der Waals surface area contributed by atoms with Crippen LogP contribution in [0.2, 0.25) is 0 Å². The van der Waals surface area contributed by atoms with Crippen LogP contribution in [0.3, 0.4) is 0 Å². The molecule has 0 bridgehead atoms. The molecule has 1 N–H and O–H groups in total. The Kier molecular flexibility index (Phi) is 5.17. The van der Waals surface area contributed by atoms with Gasteiger partial charge in [-0.1, -0.05) is 32.0 Å². The summed E-state index contributed by atoms with van der Waals surface area (Å²) >= 11 is 0. The fourth-order valence-corrected chi connectivity index (χ4v) is 5.31. The number of aromatic nitrogens is 1. The van der Waals surface area contributed by atoms with Gasteiger partial charge in [0.2, 0.25) is 0 Å². The van der Waals surface area contributed by atoms with Crippen molar-refractivity contribution in [2.24, 2.45) is 11.8 Å². The van der Waals surface area contributed by atoms with Crippen molar-refractivity contribution in [2.45, 2.75) is 64.5 Å². The number of para-hydroxylation sites is 1. The molecule has 0 radical (unpaired) electrons. The highest BCUT2D eigenvalue weighted by molar-refractivity contribution is 5.98. The third kappa shape index (κ3) is 3.34. The number of rotatable bonds is 4. The summed E-state index contributed by atoms with van der Waals surface area (Å²) in [5.41, 5.74) is 2.34. The first kappa shape index (κ1) is 17.8. The molecule has 3 heteroatoms. The zero-order valence-corrected chi connectivity index (χ0v) is 16.3. The minimum atomic E-state index is 0.580. The van der Waals surface area contributed by atoms with Crippen molar-refractivity contribution in [3.05, 3.63) is 36.0 Å². The van der Waals surface area contributed by atoms with Crippen LogP contribution in [0.1, 0.15) is 64.0 Å².